The molecule has 0 saturated heterocycles. The summed E-state index contributed by atoms with van der Waals surface area (Å²) in [4.78, 5) is 16.9. The number of benzene rings is 1. The van der Waals surface area contributed by atoms with Gasteiger partial charge in [0, 0.05) is 11.6 Å². The number of H-pyrrole nitrogens is 1. The number of aromatic amines is 1. The SMILES string of the molecule is CS(=O)(=O)c1cc2nc(=O)n3nc[nH]c3c2cc1C(F)(F)F. The molecule has 0 fully saturated rings. The third-order valence-corrected chi connectivity index (χ3v) is 4.18. The van der Waals surface area contributed by atoms with E-state index in [1.165, 1.54) is 0 Å². The molecular formula is C11H7F3N4O3S. The number of aromatic nitrogens is 4. The second kappa shape index (κ2) is 4.29. The Labute approximate surface area is 120 Å². The molecular weight excluding hydrogens is 325 g/mol. The lowest BCUT2D eigenvalue weighted by atomic mass is 10.1. The maximum absolute atomic E-state index is 13.1. The van der Waals surface area contributed by atoms with Gasteiger partial charge in [-0.25, -0.2) is 13.2 Å². The maximum Gasteiger partial charge on any atom is 0.417 e. The fourth-order valence-corrected chi connectivity index (χ4v) is 3.03. The lowest BCUT2D eigenvalue weighted by molar-refractivity contribution is -0.139. The van der Waals surface area contributed by atoms with Crippen molar-refractivity contribution in [3.05, 3.63) is 34.5 Å². The van der Waals surface area contributed by atoms with Gasteiger partial charge >= 0.3 is 11.9 Å². The van der Waals surface area contributed by atoms with E-state index in [0.29, 0.717) is 12.3 Å². The zero-order valence-electron chi connectivity index (χ0n) is 10.8. The largest absolute Gasteiger partial charge is 0.417 e. The smallest absolute Gasteiger partial charge is 0.329 e. The number of hydrogen-bond donors (Lipinski definition) is 1. The van der Waals surface area contributed by atoms with Crippen LogP contribution in [0, 0.1) is 0 Å². The zero-order valence-corrected chi connectivity index (χ0v) is 11.7. The zero-order chi connectivity index (χ0) is 16.3. The van der Waals surface area contributed by atoms with E-state index in [0.717, 1.165) is 16.9 Å². The first-order chi connectivity index (χ1) is 10.1. The summed E-state index contributed by atoms with van der Waals surface area (Å²) in [5, 5.41) is 3.56. The van der Waals surface area contributed by atoms with Gasteiger partial charge in [0.1, 0.15) is 12.0 Å². The highest BCUT2D eigenvalue weighted by Crippen LogP contribution is 2.36. The highest BCUT2D eigenvalue weighted by atomic mass is 32.2. The molecule has 0 spiro atoms. The van der Waals surface area contributed by atoms with Gasteiger partial charge in [-0.05, 0) is 12.1 Å². The van der Waals surface area contributed by atoms with Crippen molar-refractivity contribution in [3.8, 4) is 0 Å². The third-order valence-electron chi connectivity index (χ3n) is 3.04. The second-order valence-corrected chi connectivity index (χ2v) is 6.56. The molecule has 2 aromatic heterocycles. The molecule has 0 amide bonds. The van der Waals surface area contributed by atoms with Crippen LogP contribution in [0.2, 0.25) is 0 Å². The first-order valence-corrected chi connectivity index (χ1v) is 7.65. The van der Waals surface area contributed by atoms with E-state index in [-0.39, 0.29) is 16.6 Å². The van der Waals surface area contributed by atoms with Crippen LogP contribution < -0.4 is 5.69 Å². The van der Waals surface area contributed by atoms with E-state index >= 15 is 0 Å². The molecule has 1 aromatic carbocycles. The van der Waals surface area contributed by atoms with Gasteiger partial charge in [-0.2, -0.15) is 27.8 Å². The number of alkyl halides is 3. The van der Waals surface area contributed by atoms with Crippen LogP contribution in [0.3, 0.4) is 0 Å². The topological polar surface area (TPSA) is 97.2 Å². The molecule has 1 N–H and O–H groups in total. The van der Waals surface area contributed by atoms with Gasteiger partial charge in [-0.15, -0.1) is 0 Å². The van der Waals surface area contributed by atoms with E-state index in [4.69, 9.17) is 0 Å². The van der Waals surface area contributed by atoms with E-state index in [1.807, 2.05) is 0 Å². The van der Waals surface area contributed by atoms with Gasteiger partial charge in [0.25, 0.3) is 0 Å². The quantitative estimate of drug-likeness (QED) is 0.717. The molecule has 0 aliphatic heterocycles. The van der Waals surface area contributed by atoms with Crippen molar-refractivity contribution >= 4 is 26.4 Å². The standard InChI is InChI=1S/C11H7F3N4O3S/c1-22(20,21)8-3-7-5(2-6(8)11(12,13)14)9-15-4-16-18(9)10(19)17-7/h2-4H,1H3,(H,15,16). The molecule has 3 rings (SSSR count). The summed E-state index contributed by atoms with van der Waals surface area (Å²) >= 11 is 0. The normalized spacial score (nSPS) is 13.1. The molecule has 2 heterocycles. The van der Waals surface area contributed by atoms with Crippen molar-refractivity contribution in [1.82, 2.24) is 19.6 Å². The summed E-state index contributed by atoms with van der Waals surface area (Å²) in [6.07, 6.45) is -3.10. The van der Waals surface area contributed by atoms with Gasteiger partial charge in [0.15, 0.2) is 9.84 Å². The van der Waals surface area contributed by atoms with Crippen LogP contribution in [-0.4, -0.2) is 34.3 Å². The molecule has 0 unspecified atom stereocenters. The third kappa shape index (κ3) is 2.13. The molecule has 0 aliphatic rings. The maximum atomic E-state index is 13.1. The lowest BCUT2D eigenvalue weighted by Crippen LogP contribution is -2.19. The summed E-state index contributed by atoms with van der Waals surface area (Å²) in [5.41, 5.74) is -2.31. The highest BCUT2D eigenvalue weighted by molar-refractivity contribution is 7.90. The summed E-state index contributed by atoms with van der Waals surface area (Å²) in [6.45, 7) is 0. The minimum absolute atomic E-state index is 0.000510. The van der Waals surface area contributed by atoms with Crippen molar-refractivity contribution in [2.75, 3.05) is 6.26 Å². The Hall–Kier alpha value is -2.43. The van der Waals surface area contributed by atoms with Crippen molar-refractivity contribution in [2.45, 2.75) is 11.1 Å². The minimum Gasteiger partial charge on any atom is -0.329 e. The van der Waals surface area contributed by atoms with Gasteiger partial charge < -0.3 is 4.98 Å². The lowest BCUT2D eigenvalue weighted by Gasteiger charge is -2.12. The minimum atomic E-state index is -4.88. The Balaban J connectivity index is 2.57. The summed E-state index contributed by atoms with van der Waals surface area (Å²) < 4.78 is 63.4. The Morgan fingerprint density at radius 3 is 2.55 bits per heavy atom. The van der Waals surface area contributed by atoms with Gasteiger partial charge in [0.05, 0.1) is 16.0 Å². The van der Waals surface area contributed by atoms with Crippen LogP contribution in [0.1, 0.15) is 5.56 Å². The summed E-state index contributed by atoms with van der Waals surface area (Å²) in [5.74, 6) is 0. The number of halogens is 3. The fourth-order valence-electron chi connectivity index (χ4n) is 2.13. The van der Waals surface area contributed by atoms with E-state index < -0.39 is 32.2 Å². The number of hydrogen-bond acceptors (Lipinski definition) is 5. The highest BCUT2D eigenvalue weighted by Gasteiger charge is 2.37. The Kier molecular flexibility index (Phi) is 2.83. The number of nitrogens with one attached hydrogen (secondary N) is 1. The molecule has 0 bridgehead atoms. The van der Waals surface area contributed by atoms with Crippen LogP contribution in [-0.2, 0) is 16.0 Å². The molecule has 22 heavy (non-hydrogen) atoms. The summed E-state index contributed by atoms with van der Waals surface area (Å²) in [6, 6.07) is 1.39. The Morgan fingerprint density at radius 1 is 1.27 bits per heavy atom. The number of rotatable bonds is 1. The molecule has 3 aromatic rings. The van der Waals surface area contributed by atoms with Gasteiger partial charge in [0.2, 0.25) is 0 Å². The van der Waals surface area contributed by atoms with Crippen LogP contribution in [0.25, 0.3) is 16.6 Å². The Morgan fingerprint density at radius 2 is 1.95 bits per heavy atom. The van der Waals surface area contributed by atoms with Crippen molar-refractivity contribution < 1.29 is 21.6 Å². The number of sulfone groups is 1. The molecule has 11 heteroatoms. The van der Waals surface area contributed by atoms with Crippen molar-refractivity contribution in [2.24, 2.45) is 0 Å². The van der Waals surface area contributed by atoms with Gasteiger partial charge in [-0.1, -0.05) is 0 Å². The van der Waals surface area contributed by atoms with Gasteiger partial charge in [-0.3, -0.25) is 0 Å². The fraction of sp³-hybridized carbons (Fsp3) is 0.182. The summed E-state index contributed by atoms with van der Waals surface area (Å²) in [7, 11) is -4.16. The predicted molar refractivity (Wildman–Crippen MR) is 69.2 cm³/mol. The van der Waals surface area contributed by atoms with Crippen molar-refractivity contribution in [1.29, 1.82) is 0 Å². The van der Waals surface area contributed by atoms with Crippen molar-refractivity contribution in [3.63, 3.8) is 0 Å². The molecule has 0 atom stereocenters. The van der Waals surface area contributed by atoms with E-state index in [2.05, 4.69) is 15.1 Å². The monoisotopic (exact) mass is 332 g/mol. The number of nitrogens with zero attached hydrogens (tertiary/aromatic N) is 3. The van der Waals surface area contributed by atoms with Crippen LogP contribution in [0.4, 0.5) is 13.2 Å². The average molecular weight is 332 g/mol. The second-order valence-electron chi connectivity index (χ2n) is 4.58. The molecule has 116 valence electrons. The number of fused-ring (bicyclic) bond motifs is 3. The first-order valence-electron chi connectivity index (χ1n) is 5.76. The average Bonchev–Trinajstić information content (AvgIpc) is 2.85. The van der Waals surface area contributed by atoms with E-state index in [1.54, 1.807) is 0 Å². The first kappa shape index (κ1) is 14.5. The molecule has 7 nitrogen and oxygen atoms in total. The molecule has 0 aliphatic carbocycles. The van der Waals surface area contributed by atoms with Crippen LogP contribution in [0.15, 0.2) is 28.2 Å². The Bertz CT molecular complexity index is 1070. The van der Waals surface area contributed by atoms with Crippen LogP contribution in [0.5, 0.6) is 0 Å². The molecule has 0 saturated carbocycles. The van der Waals surface area contributed by atoms with E-state index in [9.17, 15) is 26.4 Å². The predicted octanol–water partition coefficient (Wildman–Crippen LogP) is 0.993. The van der Waals surface area contributed by atoms with Crippen LogP contribution >= 0.6 is 0 Å². The molecule has 0 radical (unpaired) electrons.